The molecule has 0 saturated carbocycles. The summed E-state index contributed by atoms with van der Waals surface area (Å²) in [6, 6.07) is 7.68. The number of hydrogen-bond acceptors (Lipinski definition) is 4. The SMILES string of the molecule is C=CC(=O)Nc1cc(OC)cc(-c2cnc3[nH]cc(-c4cncc5c4C=CC5)c3c2)c1. The number of rotatable bonds is 5. The molecule has 5 rings (SSSR count). The zero-order chi connectivity index (χ0) is 21.4. The third kappa shape index (κ3) is 3.38. The number of pyridine rings is 2. The van der Waals surface area contributed by atoms with Gasteiger partial charge in [-0.05, 0) is 47.4 Å². The van der Waals surface area contributed by atoms with Gasteiger partial charge in [0.2, 0.25) is 5.91 Å². The Morgan fingerprint density at radius 1 is 1.16 bits per heavy atom. The van der Waals surface area contributed by atoms with Crippen LogP contribution in [0, 0.1) is 0 Å². The zero-order valence-electron chi connectivity index (χ0n) is 17.0. The van der Waals surface area contributed by atoms with Gasteiger partial charge in [-0.15, -0.1) is 0 Å². The lowest BCUT2D eigenvalue weighted by atomic mass is 9.98. The van der Waals surface area contributed by atoms with Gasteiger partial charge in [-0.25, -0.2) is 4.98 Å². The van der Waals surface area contributed by atoms with Crippen molar-refractivity contribution in [3.63, 3.8) is 0 Å². The lowest BCUT2D eigenvalue weighted by molar-refractivity contribution is -0.111. The third-order valence-corrected chi connectivity index (χ3v) is 5.44. The van der Waals surface area contributed by atoms with E-state index >= 15 is 0 Å². The highest BCUT2D eigenvalue weighted by Gasteiger charge is 2.16. The highest BCUT2D eigenvalue weighted by atomic mass is 16.5. The first-order valence-electron chi connectivity index (χ1n) is 9.90. The third-order valence-electron chi connectivity index (χ3n) is 5.44. The molecular formula is C25H20N4O2. The van der Waals surface area contributed by atoms with Crippen LogP contribution in [0.15, 0.2) is 67.8 Å². The van der Waals surface area contributed by atoms with E-state index in [-0.39, 0.29) is 5.91 Å². The van der Waals surface area contributed by atoms with Crippen molar-refractivity contribution < 1.29 is 9.53 Å². The topological polar surface area (TPSA) is 79.9 Å². The molecule has 6 nitrogen and oxygen atoms in total. The molecule has 0 radical (unpaired) electrons. The average Bonchev–Trinajstić information content (AvgIpc) is 3.45. The van der Waals surface area contributed by atoms with Gasteiger partial charge >= 0.3 is 0 Å². The number of carbonyl (C=O) groups excluding carboxylic acids is 1. The van der Waals surface area contributed by atoms with Gasteiger partial charge in [0.05, 0.1) is 7.11 Å². The first kappa shape index (κ1) is 18.8. The summed E-state index contributed by atoms with van der Waals surface area (Å²) in [6.07, 6.45) is 14.1. The number of allylic oxidation sites excluding steroid dienone is 1. The van der Waals surface area contributed by atoms with Gasteiger partial charge in [0, 0.05) is 58.6 Å². The van der Waals surface area contributed by atoms with Crippen molar-refractivity contribution in [2.24, 2.45) is 0 Å². The molecule has 0 spiro atoms. The first-order chi connectivity index (χ1) is 15.2. The fourth-order valence-corrected chi connectivity index (χ4v) is 3.92. The number of carbonyl (C=O) groups is 1. The molecular weight excluding hydrogens is 388 g/mol. The standard InChI is InChI=1S/C25H20N4O2/c1-3-24(30)29-18-7-16(8-19(10-18)31-2)17-9-21-23(14-28-25(21)27-12-17)22-13-26-11-15-5-4-6-20(15)22/h3-4,6-14H,1,5H2,2H3,(H,27,28)(H,29,30). The lowest BCUT2D eigenvalue weighted by Gasteiger charge is -2.10. The summed E-state index contributed by atoms with van der Waals surface area (Å²) >= 11 is 0. The van der Waals surface area contributed by atoms with Gasteiger partial charge in [0.15, 0.2) is 0 Å². The number of methoxy groups -OCH3 is 1. The minimum Gasteiger partial charge on any atom is -0.497 e. The van der Waals surface area contributed by atoms with E-state index in [0.29, 0.717) is 11.4 Å². The molecule has 1 aliphatic carbocycles. The number of amides is 1. The number of aromatic amines is 1. The maximum absolute atomic E-state index is 11.8. The predicted octanol–water partition coefficient (Wildman–Crippen LogP) is 4.99. The van der Waals surface area contributed by atoms with Crippen molar-refractivity contribution in [3.8, 4) is 28.0 Å². The predicted molar refractivity (Wildman–Crippen MR) is 123 cm³/mol. The maximum atomic E-state index is 11.8. The average molecular weight is 408 g/mol. The van der Waals surface area contributed by atoms with E-state index in [4.69, 9.17) is 4.74 Å². The van der Waals surface area contributed by atoms with Crippen LogP contribution in [0.1, 0.15) is 11.1 Å². The Balaban J connectivity index is 1.63. The molecule has 3 heterocycles. The quantitative estimate of drug-likeness (QED) is 0.456. The second-order valence-electron chi connectivity index (χ2n) is 7.33. The summed E-state index contributed by atoms with van der Waals surface area (Å²) in [5.41, 5.74) is 7.81. The summed E-state index contributed by atoms with van der Waals surface area (Å²) in [6.45, 7) is 3.50. The number of H-pyrrole nitrogens is 1. The molecule has 1 aromatic carbocycles. The molecule has 1 aliphatic rings. The van der Waals surface area contributed by atoms with Gasteiger partial charge in [0.25, 0.3) is 0 Å². The molecule has 6 heteroatoms. The molecule has 0 atom stereocenters. The number of aromatic nitrogens is 3. The number of fused-ring (bicyclic) bond motifs is 2. The zero-order valence-corrected chi connectivity index (χ0v) is 17.0. The Bertz CT molecular complexity index is 1370. The second-order valence-corrected chi connectivity index (χ2v) is 7.33. The molecule has 0 fully saturated rings. The Kier molecular flexibility index (Phi) is 4.59. The van der Waals surface area contributed by atoms with E-state index in [9.17, 15) is 4.79 Å². The molecule has 4 aromatic rings. The summed E-state index contributed by atoms with van der Waals surface area (Å²) in [5.74, 6) is 0.362. The monoisotopic (exact) mass is 408 g/mol. The molecule has 31 heavy (non-hydrogen) atoms. The van der Waals surface area contributed by atoms with E-state index in [1.165, 1.54) is 17.2 Å². The van der Waals surface area contributed by atoms with Crippen molar-refractivity contribution in [1.29, 1.82) is 0 Å². The molecule has 3 aromatic heterocycles. The number of nitrogens with one attached hydrogen (secondary N) is 2. The summed E-state index contributed by atoms with van der Waals surface area (Å²) in [4.78, 5) is 24.1. The fraction of sp³-hybridized carbons (Fsp3) is 0.0800. The molecule has 1 amide bonds. The van der Waals surface area contributed by atoms with Crippen molar-refractivity contribution in [3.05, 3.63) is 78.9 Å². The van der Waals surface area contributed by atoms with Crippen LogP contribution in [-0.4, -0.2) is 28.0 Å². The molecule has 152 valence electrons. The van der Waals surface area contributed by atoms with Crippen molar-refractivity contribution >= 4 is 28.7 Å². The summed E-state index contributed by atoms with van der Waals surface area (Å²) in [7, 11) is 1.60. The van der Waals surface area contributed by atoms with E-state index in [2.05, 4.69) is 45.1 Å². The molecule has 2 N–H and O–H groups in total. The van der Waals surface area contributed by atoms with Crippen molar-refractivity contribution in [1.82, 2.24) is 15.0 Å². The van der Waals surface area contributed by atoms with Crippen LogP contribution in [0.4, 0.5) is 5.69 Å². The molecule has 0 bridgehead atoms. The van der Waals surface area contributed by atoms with Crippen LogP contribution in [0.3, 0.4) is 0 Å². The van der Waals surface area contributed by atoms with E-state index in [1.807, 2.05) is 36.9 Å². The van der Waals surface area contributed by atoms with Crippen LogP contribution in [0.2, 0.25) is 0 Å². The van der Waals surface area contributed by atoms with Crippen LogP contribution in [0.25, 0.3) is 39.4 Å². The Morgan fingerprint density at radius 2 is 2.06 bits per heavy atom. The minimum absolute atomic E-state index is 0.279. The van der Waals surface area contributed by atoms with E-state index in [0.717, 1.165) is 39.7 Å². The van der Waals surface area contributed by atoms with Crippen LogP contribution < -0.4 is 10.1 Å². The summed E-state index contributed by atoms with van der Waals surface area (Å²) < 4.78 is 5.43. The molecule has 0 aliphatic heterocycles. The number of ether oxygens (including phenoxy) is 1. The Morgan fingerprint density at radius 3 is 2.90 bits per heavy atom. The highest BCUT2D eigenvalue weighted by molar-refractivity contribution is 6.00. The minimum atomic E-state index is -0.279. The van der Waals surface area contributed by atoms with Gasteiger partial charge in [-0.3, -0.25) is 9.78 Å². The van der Waals surface area contributed by atoms with E-state index in [1.54, 1.807) is 13.2 Å². The second kappa shape index (κ2) is 7.57. The summed E-state index contributed by atoms with van der Waals surface area (Å²) in [5, 5.41) is 3.80. The molecule has 0 unspecified atom stereocenters. The van der Waals surface area contributed by atoms with E-state index < -0.39 is 0 Å². The normalized spacial score (nSPS) is 12.0. The Labute approximate surface area is 179 Å². The van der Waals surface area contributed by atoms with Crippen molar-refractivity contribution in [2.45, 2.75) is 6.42 Å². The van der Waals surface area contributed by atoms with Crippen LogP contribution in [-0.2, 0) is 11.2 Å². The molecule has 0 saturated heterocycles. The Hall–Kier alpha value is -4.19. The van der Waals surface area contributed by atoms with Crippen molar-refractivity contribution in [2.75, 3.05) is 12.4 Å². The van der Waals surface area contributed by atoms with Gasteiger partial charge in [0.1, 0.15) is 11.4 Å². The highest BCUT2D eigenvalue weighted by Crippen LogP contribution is 2.36. The van der Waals surface area contributed by atoms with Gasteiger partial charge < -0.3 is 15.0 Å². The van der Waals surface area contributed by atoms with Gasteiger partial charge in [-0.2, -0.15) is 0 Å². The van der Waals surface area contributed by atoms with Crippen LogP contribution >= 0.6 is 0 Å². The fourth-order valence-electron chi connectivity index (χ4n) is 3.92. The van der Waals surface area contributed by atoms with Crippen LogP contribution in [0.5, 0.6) is 5.75 Å². The lowest BCUT2D eigenvalue weighted by Crippen LogP contribution is -2.07. The maximum Gasteiger partial charge on any atom is 0.247 e. The number of nitrogens with zero attached hydrogens (tertiary/aromatic N) is 2. The smallest absolute Gasteiger partial charge is 0.247 e. The number of benzene rings is 1. The number of anilines is 1. The first-order valence-corrected chi connectivity index (χ1v) is 9.90. The largest absolute Gasteiger partial charge is 0.497 e. The number of hydrogen-bond donors (Lipinski definition) is 2. The van der Waals surface area contributed by atoms with Gasteiger partial charge in [-0.1, -0.05) is 18.7 Å².